The first-order valence-electron chi connectivity index (χ1n) is 5.80. The molecule has 1 amide bonds. The SMILES string of the molecule is CCC(CC)(CN)C(=O)Nc1n[nH]c(C(F)(F)F)n1. The molecule has 1 heterocycles. The van der Waals surface area contributed by atoms with Gasteiger partial charge in [-0.1, -0.05) is 13.8 Å². The molecule has 0 aromatic carbocycles. The minimum atomic E-state index is -4.63. The summed E-state index contributed by atoms with van der Waals surface area (Å²) < 4.78 is 36.9. The van der Waals surface area contributed by atoms with Crippen molar-refractivity contribution < 1.29 is 18.0 Å². The van der Waals surface area contributed by atoms with Crippen molar-refractivity contribution in [1.82, 2.24) is 15.2 Å². The highest BCUT2D eigenvalue weighted by molar-refractivity contribution is 5.94. The minimum absolute atomic E-state index is 0.0996. The van der Waals surface area contributed by atoms with Crippen molar-refractivity contribution >= 4 is 11.9 Å². The number of nitrogens with two attached hydrogens (primary N) is 1. The van der Waals surface area contributed by atoms with E-state index in [-0.39, 0.29) is 6.54 Å². The molecule has 6 nitrogen and oxygen atoms in total. The largest absolute Gasteiger partial charge is 0.451 e. The number of alkyl halides is 3. The van der Waals surface area contributed by atoms with Crippen molar-refractivity contribution in [3.8, 4) is 0 Å². The van der Waals surface area contributed by atoms with Crippen LogP contribution < -0.4 is 11.1 Å². The molecular formula is C10H16F3N5O. The molecule has 108 valence electrons. The minimum Gasteiger partial charge on any atom is -0.329 e. The maximum atomic E-state index is 12.3. The lowest BCUT2D eigenvalue weighted by Crippen LogP contribution is -2.41. The third kappa shape index (κ3) is 3.22. The molecule has 0 saturated carbocycles. The van der Waals surface area contributed by atoms with Gasteiger partial charge in [-0.2, -0.15) is 18.2 Å². The third-order valence-corrected chi connectivity index (χ3v) is 3.21. The first-order valence-corrected chi connectivity index (χ1v) is 5.80. The number of nitrogens with zero attached hydrogens (tertiary/aromatic N) is 2. The number of rotatable bonds is 5. The molecule has 0 bridgehead atoms. The van der Waals surface area contributed by atoms with Crippen LogP contribution in [0, 0.1) is 5.41 Å². The molecule has 1 aromatic rings. The van der Waals surface area contributed by atoms with Crippen molar-refractivity contribution in [2.24, 2.45) is 11.1 Å². The average molecular weight is 279 g/mol. The second kappa shape index (κ2) is 5.55. The zero-order chi connectivity index (χ0) is 14.7. The molecule has 0 radical (unpaired) electrons. The van der Waals surface area contributed by atoms with Crippen LogP contribution in [0.3, 0.4) is 0 Å². The predicted octanol–water partition coefficient (Wildman–Crippen LogP) is 1.53. The molecule has 0 saturated heterocycles. The summed E-state index contributed by atoms with van der Waals surface area (Å²) in [5.74, 6) is -2.14. The highest BCUT2D eigenvalue weighted by Crippen LogP contribution is 2.28. The van der Waals surface area contributed by atoms with Gasteiger partial charge in [0.2, 0.25) is 17.7 Å². The van der Waals surface area contributed by atoms with Crippen LogP contribution in [0.1, 0.15) is 32.5 Å². The molecule has 0 aliphatic heterocycles. The van der Waals surface area contributed by atoms with Gasteiger partial charge in [0, 0.05) is 6.54 Å². The average Bonchev–Trinajstić information content (AvgIpc) is 2.80. The van der Waals surface area contributed by atoms with Crippen LogP contribution in [0.25, 0.3) is 0 Å². The van der Waals surface area contributed by atoms with Crippen LogP contribution in [0.15, 0.2) is 0 Å². The number of H-pyrrole nitrogens is 1. The Labute approximate surface area is 108 Å². The fourth-order valence-electron chi connectivity index (χ4n) is 1.63. The van der Waals surface area contributed by atoms with Crippen molar-refractivity contribution in [3.63, 3.8) is 0 Å². The van der Waals surface area contributed by atoms with E-state index in [4.69, 9.17) is 5.73 Å². The summed E-state index contributed by atoms with van der Waals surface area (Å²) in [6.45, 7) is 3.67. The molecule has 9 heteroatoms. The van der Waals surface area contributed by atoms with Crippen molar-refractivity contribution in [3.05, 3.63) is 5.82 Å². The van der Waals surface area contributed by atoms with Gasteiger partial charge < -0.3 is 5.73 Å². The molecule has 19 heavy (non-hydrogen) atoms. The van der Waals surface area contributed by atoms with Gasteiger partial charge in [0.05, 0.1) is 5.41 Å². The Bertz CT molecular complexity index is 430. The fourth-order valence-corrected chi connectivity index (χ4v) is 1.63. The molecule has 0 aliphatic rings. The topological polar surface area (TPSA) is 96.7 Å². The molecule has 0 aliphatic carbocycles. The van der Waals surface area contributed by atoms with Gasteiger partial charge in [0.15, 0.2) is 0 Å². The molecule has 0 spiro atoms. The Kier molecular flexibility index (Phi) is 4.51. The van der Waals surface area contributed by atoms with Crippen molar-refractivity contribution in [2.75, 3.05) is 11.9 Å². The van der Waals surface area contributed by atoms with Crippen molar-refractivity contribution in [2.45, 2.75) is 32.9 Å². The van der Waals surface area contributed by atoms with E-state index in [0.29, 0.717) is 12.8 Å². The highest BCUT2D eigenvalue weighted by atomic mass is 19.4. The summed E-state index contributed by atoms with van der Waals surface area (Å²) in [7, 11) is 0. The number of amides is 1. The van der Waals surface area contributed by atoms with Gasteiger partial charge in [0.1, 0.15) is 0 Å². The number of hydrogen-bond donors (Lipinski definition) is 3. The second-order valence-corrected chi connectivity index (χ2v) is 4.15. The number of hydrogen-bond acceptors (Lipinski definition) is 4. The number of carbonyl (C=O) groups excluding carboxylic acids is 1. The lowest BCUT2D eigenvalue weighted by atomic mass is 9.81. The molecule has 0 atom stereocenters. The van der Waals surface area contributed by atoms with E-state index in [0.717, 1.165) is 0 Å². The van der Waals surface area contributed by atoms with Crippen LogP contribution >= 0.6 is 0 Å². The number of nitrogens with one attached hydrogen (secondary N) is 2. The number of aromatic nitrogens is 3. The zero-order valence-electron chi connectivity index (χ0n) is 10.6. The quantitative estimate of drug-likeness (QED) is 0.761. The number of halogens is 3. The lowest BCUT2D eigenvalue weighted by molar-refractivity contribution is -0.144. The molecule has 1 rings (SSSR count). The van der Waals surface area contributed by atoms with E-state index in [1.807, 2.05) is 0 Å². The second-order valence-electron chi connectivity index (χ2n) is 4.15. The van der Waals surface area contributed by atoms with E-state index in [1.54, 1.807) is 18.9 Å². The Morgan fingerprint density at radius 1 is 1.37 bits per heavy atom. The summed E-state index contributed by atoms with van der Waals surface area (Å²) in [6.07, 6.45) is -3.68. The van der Waals surface area contributed by atoms with Crippen molar-refractivity contribution in [1.29, 1.82) is 0 Å². The van der Waals surface area contributed by atoms with Crippen LogP contribution in [0.5, 0.6) is 0 Å². The molecular weight excluding hydrogens is 263 g/mol. The van der Waals surface area contributed by atoms with E-state index in [9.17, 15) is 18.0 Å². The third-order valence-electron chi connectivity index (χ3n) is 3.21. The van der Waals surface area contributed by atoms with Gasteiger partial charge in [-0.15, -0.1) is 5.10 Å². The fraction of sp³-hybridized carbons (Fsp3) is 0.700. The Balaban J connectivity index is 2.85. The van der Waals surface area contributed by atoms with Gasteiger partial charge in [0.25, 0.3) is 0 Å². The first-order chi connectivity index (χ1) is 8.79. The normalized spacial score (nSPS) is 12.5. The summed E-state index contributed by atoms with van der Waals surface area (Å²) in [5, 5.41) is 7.29. The Morgan fingerprint density at radius 3 is 2.32 bits per heavy atom. The zero-order valence-corrected chi connectivity index (χ0v) is 10.6. The van der Waals surface area contributed by atoms with Crippen LogP contribution in [-0.4, -0.2) is 27.6 Å². The van der Waals surface area contributed by atoms with E-state index in [1.165, 1.54) is 0 Å². The number of anilines is 1. The molecule has 0 fully saturated rings. The summed E-state index contributed by atoms with van der Waals surface area (Å²) >= 11 is 0. The van der Waals surface area contributed by atoms with Gasteiger partial charge >= 0.3 is 6.18 Å². The molecule has 0 unspecified atom stereocenters. The summed E-state index contributed by atoms with van der Waals surface area (Å²) in [6, 6.07) is 0. The summed E-state index contributed by atoms with van der Waals surface area (Å²) in [5.41, 5.74) is 4.75. The van der Waals surface area contributed by atoms with Crippen LogP contribution in [0.2, 0.25) is 0 Å². The first kappa shape index (κ1) is 15.4. The molecule has 4 N–H and O–H groups in total. The Hall–Kier alpha value is -1.64. The standard InChI is InChI=1S/C10H16F3N5O/c1-3-9(4-2,5-14)7(19)16-8-15-6(17-18-8)10(11,12)13/h3-5,14H2,1-2H3,(H2,15,16,17,18,19). The maximum Gasteiger partial charge on any atom is 0.451 e. The van der Waals surface area contributed by atoms with E-state index in [2.05, 4.69) is 15.4 Å². The van der Waals surface area contributed by atoms with Gasteiger partial charge in [-0.25, -0.2) is 0 Å². The van der Waals surface area contributed by atoms with E-state index < -0.39 is 29.3 Å². The van der Waals surface area contributed by atoms with E-state index >= 15 is 0 Å². The monoisotopic (exact) mass is 279 g/mol. The smallest absolute Gasteiger partial charge is 0.329 e. The lowest BCUT2D eigenvalue weighted by Gasteiger charge is -2.27. The number of carbonyl (C=O) groups is 1. The molecule has 1 aromatic heterocycles. The van der Waals surface area contributed by atoms with Crippen LogP contribution in [0.4, 0.5) is 19.1 Å². The number of aromatic amines is 1. The predicted molar refractivity (Wildman–Crippen MR) is 62.1 cm³/mol. The summed E-state index contributed by atoms with van der Waals surface area (Å²) in [4.78, 5) is 15.2. The van der Waals surface area contributed by atoms with Gasteiger partial charge in [-0.3, -0.25) is 15.2 Å². The van der Waals surface area contributed by atoms with Gasteiger partial charge in [-0.05, 0) is 12.8 Å². The van der Waals surface area contributed by atoms with Crippen LogP contribution in [-0.2, 0) is 11.0 Å². The maximum absolute atomic E-state index is 12.3. The highest BCUT2D eigenvalue weighted by Gasteiger charge is 2.37. The Morgan fingerprint density at radius 2 is 1.95 bits per heavy atom.